The van der Waals surface area contributed by atoms with Crippen molar-refractivity contribution in [2.45, 2.75) is 6.92 Å². The van der Waals surface area contributed by atoms with Crippen molar-refractivity contribution in [3.8, 4) is 11.5 Å². The fraction of sp³-hybridized carbons (Fsp3) is 0.176. The number of ether oxygens (including phenoxy) is 2. The lowest BCUT2D eigenvalue weighted by Gasteiger charge is -2.03. The highest BCUT2D eigenvalue weighted by Gasteiger charge is 1.92. The molecule has 2 aromatic carbocycles. The van der Waals surface area contributed by atoms with Crippen molar-refractivity contribution < 1.29 is 9.47 Å². The van der Waals surface area contributed by atoms with Gasteiger partial charge in [0.25, 0.3) is 0 Å². The van der Waals surface area contributed by atoms with E-state index in [9.17, 15) is 0 Å². The Labute approximate surface area is 114 Å². The molecule has 0 aliphatic rings. The lowest BCUT2D eigenvalue weighted by atomic mass is 10.2. The molecular weight excluding hydrogens is 236 g/mol. The quantitative estimate of drug-likeness (QED) is 0.800. The molecule has 2 heteroatoms. The van der Waals surface area contributed by atoms with E-state index in [1.165, 1.54) is 5.56 Å². The van der Waals surface area contributed by atoms with Crippen LogP contribution in [0.4, 0.5) is 0 Å². The van der Waals surface area contributed by atoms with Crippen LogP contribution in [-0.2, 0) is 0 Å². The number of methoxy groups -OCH3 is 1. The third-order valence-electron chi connectivity index (χ3n) is 2.79. The monoisotopic (exact) mass is 254 g/mol. The zero-order chi connectivity index (χ0) is 13.5. The van der Waals surface area contributed by atoms with Crippen molar-refractivity contribution in [3.05, 3.63) is 65.7 Å². The summed E-state index contributed by atoms with van der Waals surface area (Å²) >= 11 is 0. The highest BCUT2D eigenvalue weighted by molar-refractivity contribution is 5.50. The molecule has 2 rings (SSSR count). The Hall–Kier alpha value is -2.22. The van der Waals surface area contributed by atoms with Crippen molar-refractivity contribution >= 4 is 6.08 Å². The molecule has 0 N–H and O–H groups in total. The third kappa shape index (κ3) is 4.18. The van der Waals surface area contributed by atoms with Gasteiger partial charge in [-0.05, 0) is 42.8 Å². The summed E-state index contributed by atoms with van der Waals surface area (Å²) in [5.74, 6) is 1.76. The second-order valence-corrected chi connectivity index (χ2v) is 4.30. The maximum absolute atomic E-state index is 5.62. The van der Waals surface area contributed by atoms with Gasteiger partial charge in [0.15, 0.2) is 0 Å². The fourth-order valence-corrected chi connectivity index (χ4v) is 1.68. The summed E-state index contributed by atoms with van der Waals surface area (Å²) in [5, 5.41) is 0. The topological polar surface area (TPSA) is 18.5 Å². The maximum Gasteiger partial charge on any atom is 0.119 e. The lowest BCUT2D eigenvalue weighted by Crippen LogP contribution is -1.92. The first-order valence-electron chi connectivity index (χ1n) is 6.28. The fourth-order valence-electron chi connectivity index (χ4n) is 1.68. The molecule has 0 heterocycles. The summed E-state index contributed by atoms with van der Waals surface area (Å²) in [6, 6.07) is 16.0. The molecular formula is C17H18O2. The average molecular weight is 254 g/mol. The summed E-state index contributed by atoms with van der Waals surface area (Å²) in [6.45, 7) is 2.63. The normalized spacial score (nSPS) is 10.6. The van der Waals surface area contributed by atoms with Gasteiger partial charge in [0.05, 0.1) is 7.11 Å². The van der Waals surface area contributed by atoms with E-state index >= 15 is 0 Å². The van der Waals surface area contributed by atoms with Crippen LogP contribution in [-0.4, -0.2) is 13.7 Å². The van der Waals surface area contributed by atoms with E-state index in [2.05, 4.69) is 6.92 Å². The number of rotatable bonds is 5. The standard InChI is InChI=1S/C17H18O2/c1-14-5-9-17(10-6-14)19-13-3-4-15-7-11-16(18-2)12-8-15/h3-12H,13H2,1-2H3/b4-3-. The van der Waals surface area contributed by atoms with Crippen LogP contribution in [0.25, 0.3) is 6.08 Å². The van der Waals surface area contributed by atoms with Crippen LogP contribution >= 0.6 is 0 Å². The van der Waals surface area contributed by atoms with Gasteiger partial charge >= 0.3 is 0 Å². The van der Waals surface area contributed by atoms with Crippen molar-refractivity contribution in [1.82, 2.24) is 0 Å². The second-order valence-electron chi connectivity index (χ2n) is 4.30. The molecule has 2 nitrogen and oxygen atoms in total. The van der Waals surface area contributed by atoms with E-state index in [1.54, 1.807) is 7.11 Å². The van der Waals surface area contributed by atoms with Crippen LogP contribution in [0.15, 0.2) is 54.6 Å². The molecule has 0 bridgehead atoms. The van der Waals surface area contributed by atoms with Gasteiger partial charge < -0.3 is 9.47 Å². The van der Waals surface area contributed by atoms with Gasteiger partial charge in [-0.2, -0.15) is 0 Å². The Morgan fingerprint density at radius 3 is 2.16 bits per heavy atom. The predicted octanol–water partition coefficient (Wildman–Crippen LogP) is 4.10. The number of benzene rings is 2. The van der Waals surface area contributed by atoms with Gasteiger partial charge in [-0.1, -0.05) is 35.9 Å². The number of aryl methyl sites for hydroxylation is 1. The van der Waals surface area contributed by atoms with E-state index in [1.807, 2.05) is 60.7 Å². The summed E-state index contributed by atoms with van der Waals surface area (Å²) in [7, 11) is 1.67. The molecule has 0 spiro atoms. The maximum atomic E-state index is 5.62. The van der Waals surface area contributed by atoms with Crippen molar-refractivity contribution in [3.63, 3.8) is 0 Å². The number of hydrogen-bond donors (Lipinski definition) is 0. The molecule has 0 amide bonds. The second kappa shape index (κ2) is 6.64. The van der Waals surface area contributed by atoms with E-state index < -0.39 is 0 Å². The molecule has 0 aliphatic carbocycles. The summed E-state index contributed by atoms with van der Waals surface area (Å²) < 4.78 is 10.7. The van der Waals surface area contributed by atoms with E-state index in [0.717, 1.165) is 17.1 Å². The van der Waals surface area contributed by atoms with Gasteiger partial charge in [0.1, 0.15) is 18.1 Å². The Kier molecular flexibility index (Phi) is 4.62. The molecule has 0 saturated carbocycles. The first-order valence-corrected chi connectivity index (χ1v) is 6.28. The van der Waals surface area contributed by atoms with E-state index in [-0.39, 0.29) is 0 Å². The predicted molar refractivity (Wildman–Crippen MR) is 78.7 cm³/mol. The Balaban J connectivity index is 1.84. The number of hydrogen-bond acceptors (Lipinski definition) is 2. The molecule has 19 heavy (non-hydrogen) atoms. The van der Waals surface area contributed by atoms with Crippen LogP contribution in [0.3, 0.4) is 0 Å². The highest BCUT2D eigenvalue weighted by atomic mass is 16.5. The molecule has 0 atom stereocenters. The molecule has 0 saturated heterocycles. The summed E-state index contributed by atoms with van der Waals surface area (Å²) in [4.78, 5) is 0. The molecule has 0 aromatic heterocycles. The molecule has 0 radical (unpaired) electrons. The summed E-state index contributed by atoms with van der Waals surface area (Å²) in [6.07, 6.45) is 4.04. The lowest BCUT2D eigenvalue weighted by molar-refractivity contribution is 0.363. The highest BCUT2D eigenvalue weighted by Crippen LogP contribution is 2.13. The first kappa shape index (κ1) is 13.2. The minimum Gasteiger partial charge on any atom is -0.497 e. The molecule has 0 aliphatic heterocycles. The van der Waals surface area contributed by atoms with Gasteiger partial charge in [-0.15, -0.1) is 0 Å². The van der Waals surface area contributed by atoms with Crippen LogP contribution in [0, 0.1) is 6.92 Å². The van der Waals surface area contributed by atoms with Crippen molar-refractivity contribution in [1.29, 1.82) is 0 Å². The van der Waals surface area contributed by atoms with Gasteiger partial charge in [0.2, 0.25) is 0 Å². The van der Waals surface area contributed by atoms with Gasteiger partial charge in [0, 0.05) is 0 Å². The van der Waals surface area contributed by atoms with Crippen LogP contribution < -0.4 is 9.47 Å². The molecule has 0 fully saturated rings. The molecule has 98 valence electrons. The first-order chi connectivity index (χ1) is 9.28. The Morgan fingerprint density at radius 1 is 0.895 bits per heavy atom. The minimum atomic E-state index is 0.565. The molecule has 2 aromatic rings. The third-order valence-corrected chi connectivity index (χ3v) is 2.79. The van der Waals surface area contributed by atoms with Crippen LogP contribution in [0.2, 0.25) is 0 Å². The van der Waals surface area contributed by atoms with E-state index in [4.69, 9.17) is 9.47 Å². The Bertz CT molecular complexity index is 524. The van der Waals surface area contributed by atoms with Gasteiger partial charge in [-0.3, -0.25) is 0 Å². The van der Waals surface area contributed by atoms with Crippen molar-refractivity contribution in [2.24, 2.45) is 0 Å². The van der Waals surface area contributed by atoms with Gasteiger partial charge in [-0.25, -0.2) is 0 Å². The largest absolute Gasteiger partial charge is 0.497 e. The SMILES string of the molecule is COc1ccc(/C=C\COc2ccc(C)cc2)cc1. The minimum absolute atomic E-state index is 0.565. The zero-order valence-electron chi connectivity index (χ0n) is 11.3. The average Bonchev–Trinajstić information content (AvgIpc) is 2.46. The van der Waals surface area contributed by atoms with Crippen LogP contribution in [0.5, 0.6) is 11.5 Å². The van der Waals surface area contributed by atoms with E-state index in [0.29, 0.717) is 6.61 Å². The zero-order valence-corrected chi connectivity index (χ0v) is 11.3. The summed E-state index contributed by atoms with van der Waals surface area (Å²) in [5.41, 5.74) is 2.37. The molecule has 0 unspecified atom stereocenters. The van der Waals surface area contributed by atoms with Crippen molar-refractivity contribution in [2.75, 3.05) is 13.7 Å². The van der Waals surface area contributed by atoms with Crippen LogP contribution in [0.1, 0.15) is 11.1 Å². The Morgan fingerprint density at radius 2 is 1.53 bits per heavy atom. The smallest absolute Gasteiger partial charge is 0.119 e.